The fourth-order valence-corrected chi connectivity index (χ4v) is 3.12. The van der Waals surface area contributed by atoms with Crippen LogP contribution in [0, 0.1) is 0 Å². The van der Waals surface area contributed by atoms with Crippen molar-refractivity contribution in [2.75, 3.05) is 13.2 Å². The molecule has 0 bridgehead atoms. The zero-order valence-electron chi connectivity index (χ0n) is 15.7. The van der Waals surface area contributed by atoms with Gasteiger partial charge >= 0.3 is 0 Å². The van der Waals surface area contributed by atoms with Gasteiger partial charge in [0, 0.05) is 11.5 Å². The van der Waals surface area contributed by atoms with Crippen LogP contribution in [0.4, 0.5) is 0 Å². The Balaban J connectivity index is 1.78. The minimum absolute atomic E-state index is 0.121. The third-order valence-electron chi connectivity index (χ3n) is 4.62. The molecule has 1 aliphatic rings. The van der Waals surface area contributed by atoms with Crippen LogP contribution >= 0.6 is 0 Å². The third kappa shape index (κ3) is 4.05. The molecular weight excluding hydrogens is 328 g/mol. The summed E-state index contributed by atoms with van der Waals surface area (Å²) in [6.45, 7) is 11.3. The highest BCUT2D eigenvalue weighted by Gasteiger charge is 2.26. The molecule has 1 aromatic heterocycles. The number of ether oxygens (including phenoxy) is 1. The van der Waals surface area contributed by atoms with Crippen molar-refractivity contribution in [1.82, 2.24) is 10.1 Å². The van der Waals surface area contributed by atoms with Crippen molar-refractivity contribution < 1.29 is 14.1 Å². The Bertz CT molecular complexity index is 789. The molecule has 1 unspecified atom stereocenters. The first-order valence-corrected chi connectivity index (χ1v) is 8.95. The number of rotatable bonds is 5. The summed E-state index contributed by atoms with van der Waals surface area (Å²) in [5.74, 6) is 0.662. The molecule has 0 radical (unpaired) electrons. The summed E-state index contributed by atoms with van der Waals surface area (Å²) in [6, 6.07) is 10.2. The van der Waals surface area contributed by atoms with Gasteiger partial charge in [-0.2, -0.15) is 0 Å². The van der Waals surface area contributed by atoms with Gasteiger partial charge in [0.25, 0.3) is 0 Å². The summed E-state index contributed by atoms with van der Waals surface area (Å²) >= 11 is 0. The molecule has 0 saturated heterocycles. The van der Waals surface area contributed by atoms with E-state index in [0.717, 1.165) is 23.4 Å². The topological polar surface area (TPSA) is 55.6 Å². The van der Waals surface area contributed by atoms with Crippen LogP contribution in [0.3, 0.4) is 0 Å². The Kier molecular flexibility index (Phi) is 5.28. The van der Waals surface area contributed by atoms with E-state index in [1.807, 2.05) is 18.2 Å². The van der Waals surface area contributed by atoms with Crippen LogP contribution in [-0.2, 0) is 27.9 Å². The Hall–Kier alpha value is -2.40. The lowest BCUT2D eigenvalue weighted by Crippen LogP contribution is -2.35. The van der Waals surface area contributed by atoms with Crippen LogP contribution in [0.5, 0.6) is 0 Å². The molecule has 1 atom stereocenters. The minimum atomic E-state index is -0.142. The van der Waals surface area contributed by atoms with E-state index in [1.165, 1.54) is 11.6 Å². The van der Waals surface area contributed by atoms with Crippen LogP contribution in [0.15, 0.2) is 47.5 Å². The fraction of sp³-hybridized carbons (Fsp3) is 0.429. The number of hydrogen-bond acceptors (Lipinski definition) is 4. The van der Waals surface area contributed by atoms with Crippen molar-refractivity contribution in [3.63, 3.8) is 0 Å². The molecule has 26 heavy (non-hydrogen) atoms. The summed E-state index contributed by atoms with van der Waals surface area (Å²) < 4.78 is 11.4. The summed E-state index contributed by atoms with van der Waals surface area (Å²) in [6.07, 6.45) is 2.10. The van der Waals surface area contributed by atoms with Crippen molar-refractivity contribution in [2.24, 2.45) is 0 Å². The monoisotopic (exact) mass is 354 g/mol. The highest BCUT2D eigenvalue weighted by molar-refractivity contribution is 5.87. The van der Waals surface area contributed by atoms with E-state index in [4.69, 9.17) is 9.26 Å². The first-order valence-electron chi connectivity index (χ1n) is 8.95. The van der Waals surface area contributed by atoms with Gasteiger partial charge < -0.3 is 14.2 Å². The van der Waals surface area contributed by atoms with E-state index in [2.05, 4.69) is 44.6 Å². The molecular formula is C21H26N2O3. The highest BCUT2D eigenvalue weighted by Crippen LogP contribution is 2.29. The smallest absolute Gasteiger partial charge is 0.246 e. The first-order chi connectivity index (χ1) is 12.4. The van der Waals surface area contributed by atoms with Gasteiger partial charge in [-0.1, -0.05) is 56.8 Å². The Morgan fingerprint density at radius 3 is 2.85 bits per heavy atom. The van der Waals surface area contributed by atoms with Crippen molar-refractivity contribution in [3.8, 4) is 0 Å². The predicted molar refractivity (Wildman–Crippen MR) is 99.7 cm³/mol. The van der Waals surface area contributed by atoms with Gasteiger partial charge in [0.2, 0.25) is 5.91 Å². The molecule has 1 aliphatic heterocycles. The number of aromatic nitrogens is 1. The van der Waals surface area contributed by atoms with Crippen molar-refractivity contribution >= 4 is 5.91 Å². The number of benzene rings is 1. The maximum Gasteiger partial charge on any atom is 0.246 e. The van der Waals surface area contributed by atoms with E-state index < -0.39 is 0 Å². The second kappa shape index (κ2) is 7.46. The van der Waals surface area contributed by atoms with E-state index in [1.54, 1.807) is 4.90 Å². The Morgan fingerprint density at radius 1 is 1.38 bits per heavy atom. The summed E-state index contributed by atoms with van der Waals surface area (Å²) in [4.78, 5) is 14.1. The molecule has 0 fully saturated rings. The molecule has 5 nitrogen and oxygen atoms in total. The molecule has 2 aromatic rings. The van der Waals surface area contributed by atoms with Gasteiger partial charge in [-0.15, -0.1) is 0 Å². The molecule has 0 N–H and O–H groups in total. The van der Waals surface area contributed by atoms with Gasteiger partial charge in [-0.05, 0) is 23.6 Å². The summed E-state index contributed by atoms with van der Waals surface area (Å²) in [5.41, 5.74) is 3.04. The van der Waals surface area contributed by atoms with Gasteiger partial charge in [0.15, 0.2) is 0 Å². The number of amides is 1. The van der Waals surface area contributed by atoms with E-state index >= 15 is 0 Å². The van der Waals surface area contributed by atoms with Gasteiger partial charge in [0.1, 0.15) is 17.6 Å². The number of nitrogens with zero attached hydrogens (tertiary/aromatic N) is 2. The van der Waals surface area contributed by atoms with Crippen LogP contribution in [0.25, 0.3) is 0 Å². The number of hydrogen-bond donors (Lipinski definition) is 0. The second-order valence-electron chi connectivity index (χ2n) is 7.66. The van der Waals surface area contributed by atoms with Crippen LogP contribution in [0.1, 0.15) is 49.5 Å². The lowest BCUT2D eigenvalue weighted by Gasteiger charge is -2.30. The predicted octanol–water partition coefficient (Wildman–Crippen LogP) is 3.80. The lowest BCUT2D eigenvalue weighted by molar-refractivity contribution is -0.129. The molecule has 0 saturated carbocycles. The van der Waals surface area contributed by atoms with Gasteiger partial charge in [0.05, 0.1) is 19.7 Å². The molecule has 0 aliphatic carbocycles. The van der Waals surface area contributed by atoms with E-state index in [0.29, 0.717) is 19.7 Å². The largest absolute Gasteiger partial charge is 0.371 e. The zero-order chi connectivity index (χ0) is 18.7. The second-order valence-corrected chi connectivity index (χ2v) is 7.66. The minimum Gasteiger partial charge on any atom is -0.371 e. The number of fused-ring (bicyclic) bond motifs is 1. The number of carbonyl (C=O) groups excluding carboxylic acids is 1. The maximum absolute atomic E-state index is 12.4. The fourth-order valence-electron chi connectivity index (χ4n) is 3.12. The quantitative estimate of drug-likeness (QED) is 0.767. The summed E-state index contributed by atoms with van der Waals surface area (Å²) in [5, 5.41) is 4.13. The Labute approximate surface area is 154 Å². The molecule has 1 amide bonds. The number of carbonyl (C=O) groups is 1. The van der Waals surface area contributed by atoms with Crippen LogP contribution in [0.2, 0.25) is 0 Å². The zero-order valence-corrected chi connectivity index (χ0v) is 15.7. The lowest BCUT2D eigenvalue weighted by atomic mass is 9.93. The van der Waals surface area contributed by atoms with Crippen LogP contribution in [-0.4, -0.2) is 29.1 Å². The molecule has 5 heteroatoms. The van der Waals surface area contributed by atoms with Gasteiger partial charge in [-0.3, -0.25) is 4.79 Å². The molecule has 0 spiro atoms. The molecule has 3 rings (SSSR count). The SMILES string of the molecule is C=CC(=O)N(Cc1cc(C(C)(C)C)on1)CC1OCCc2ccccc21. The van der Waals surface area contributed by atoms with Crippen LogP contribution < -0.4 is 0 Å². The standard InChI is InChI=1S/C21H26N2O3/c1-5-20(24)23(13-16-12-19(26-22-16)21(2,3)4)14-18-17-9-7-6-8-15(17)10-11-25-18/h5-9,12,18H,1,10-11,13-14H2,2-4H3. The van der Waals surface area contributed by atoms with E-state index in [9.17, 15) is 4.79 Å². The van der Waals surface area contributed by atoms with Gasteiger partial charge in [-0.25, -0.2) is 0 Å². The highest BCUT2D eigenvalue weighted by atomic mass is 16.5. The Morgan fingerprint density at radius 2 is 2.15 bits per heavy atom. The molecule has 2 heterocycles. The third-order valence-corrected chi connectivity index (χ3v) is 4.62. The molecule has 138 valence electrons. The summed E-state index contributed by atoms with van der Waals surface area (Å²) in [7, 11) is 0. The first kappa shape index (κ1) is 18.4. The average Bonchev–Trinajstić information content (AvgIpc) is 3.10. The normalized spacial score (nSPS) is 16.8. The van der Waals surface area contributed by atoms with Crippen molar-refractivity contribution in [2.45, 2.75) is 45.3 Å². The van der Waals surface area contributed by atoms with Crippen molar-refractivity contribution in [3.05, 3.63) is 65.6 Å². The maximum atomic E-state index is 12.4. The van der Waals surface area contributed by atoms with Crippen molar-refractivity contribution in [1.29, 1.82) is 0 Å². The molecule has 1 aromatic carbocycles. The average molecular weight is 354 g/mol. The van der Waals surface area contributed by atoms with E-state index in [-0.39, 0.29) is 17.4 Å².